The zero-order chi connectivity index (χ0) is 16.0. The topological polar surface area (TPSA) is 72.8 Å². The predicted molar refractivity (Wildman–Crippen MR) is 78.3 cm³/mol. The molecule has 0 unspecified atom stereocenters. The molecule has 0 saturated carbocycles. The summed E-state index contributed by atoms with van der Waals surface area (Å²) >= 11 is 0. The fourth-order valence-electron chi connectivity index (χ4n) is 1.50. The lowest BCUT2D eigenvalue weighted by atomic mass is 10.1. The minimum absolute atomic E-state index is 0.132. The first kappa shape index (κ1) is 17.0. The van der Waals surface area contributed by atoms with Crippen LogP contribution in [0.1, 0.15) is 48.4 Å². The maximum atomic E-state index is 11.9. The fourth-order valence-corrected chi connectivity index (χ4v) is 1.50. The molecule has 0 spiro atoms. The summed E-state index contributed by atoms with van der Waals surface area (Å²) in [6.07, 6.45) is 0. The summed E-state index contributed by atoms with van der Waals surface area (Å²) in [6.45, 7) is 8.24. The van der Waals surface area contributed by atoms with E-state index in [1.165, 1.54) is 18.2 Å². The number of ether oxygens (including phenoxy) is 2. The molecule has 116 valence electrons. The molecule has 0 aliphatic carbocycles. The Bertz CT molecular complexity index is 463. The van der Waals surface area contributed by atoms with E-state index in [0.717, 1.165) is 0 Å². The van der Waals surface area contributed by atoms with Crippen LogP contribution in [0.5, 0.6) is 5.75 Å². The lowest BCUT2D eigenvalue weighted by Crippen LogP contribution is -2.13. The molecule has 1 aromatic carbocycles. The highest BCUT2D eigenvalue weighted by Crippen LogP contribution is 2.18. The van der Waals surface area contributed by atoms with Gasteiger partial charge in [0.2, 0.25) is 0 Å². The molecular formula is C16H22O5. The highest BCUT2D eigenvalue weighted by Gasteiger charge is 2.15. The van der Waals surface area contributed by atoms with Crippen molar-refractivity contribution >= 4 is 11.9 Å². The van der Waals surface area contributed by atoms with Crippen molar-refractivity contribution in [3.63, 3.8) is 0 Å². The molecule has 0 bridgehead atoms. The first-order valence-electron chi connectivity index (χ1n) is 6.98. The van der Waals surface area contributed by atoms with Gasteiger partial charge >= 0.3 is 11.9 Å². The largest absolute Gasteiger partial charge is 0.508 e. The van der Waals surface area contributed by atoms with Gasteiger partial charge in [-0.15, -0.1) is 0 Å². The molecule has 0 amide bonds. The highest BCUT2D eigenvalue weighted by molar-refractivity contribution is 5.96. The Morgan fingerprint density at radius 3 is 1.62 bits per heavy atom. The van der Waals surface area contributed by atoms with E-state index in [0.29, 0.717) is 0 Å². The van der Waals surface area contributed by atoms with Gasteiger partial charge in [-0.3, -0.25) is 0 Å². The van der Waals surface area contributed by atoms with Gasteiger partial charge in [0.05, 0.1) is 24.3 Å². The van der Waals surface area contributed by atoms with Gasteiger partial charge in [0.25, 0.3) is 0 Å². The highest BCUT2D eigenvalue weighted by atomic mass is 16.5. The molecule has 0 heterocycles. The number of benzene rings is 1. The normalized spacial score (nSPS) is 10.8. The van der Waals surface area contributed by atoms with Crippen molar-refractivity contribution in [2.75, 3.05) is 13.2 Å². The van der Waals surface area contributed by atoms with E-state index in [-0.39, 0.29) is 41.9 Å². The second-order valence-electron chi connectivity index (χ2n) is 5.75. The van der Waals surface area contributed by atoms with Crippen LogP contribution < -0.4 is 0 Å². The van der Waals surface area contributed by atoms with Gasteiger partial charge in [0.15, 0.2) is 0 Å². The molecule has 5 nitrogen and oxygen atoms in total. The van der Waals surface area contributed by atoms with Crippen molar-refractivity contribution in [3.8, 4) is 5.75 Å². The summed E-state index contributed by atoms with van der Waals surface area (Å²) in [5.41, 5.74) is 0.263. The van der Waals surface area contributed by atoms with Gasteiger partial charge < -0.3 is 14.6 Å². The van der Waals surface area contributed by atoms with Crippen molar-refractivity contribution in [1.82, 2.24) is 0 Å². The van der Waals surface area contributed by atoms with Crippen LogP contribution in [0.25, 0.3) is 0 Å². The van der Waals surface area contributed by atoms with Gasteiger partial charge in [-0.05, 0) is 30.0 Å². The van der Waals surface area contributed by atoms with Gasteiger partial charge in [-0.2, -0.15) is 0 Å². The second-order valence-corrected chi connectivity index (χ2v) is 5.75. The number of phenols is 1. The molecule has 0 saturated heterocycles. The summed E-state index contributed by atoms with van der Waals surface area (Å²) in [4.78, 5) is 23.7. The van der Waals surface area contributed by atoms with E-state index < -0.39 is 11.9 Å². The Kier molecular flexibility index (Phi) is 6.21. The second kappa shape index (κ2) is 7.67. The Morgan fingerprint density at radius 2 is 1.29 bits per heavy atom. The number of aromatic hydroxyl groups is 1. The van der Waals surface area contributed by atoms with Gasteiger partial charge in [-0.1, -0.05) is 27.7 Å². The Morgan fingerprint density at radius 1 is 0.905 bits per heavy atom. The first-order chi connectivity index (χ1) is 9.79. The molecule has 5 heteroatoms. The number of carbonyl (C=O) groups excluding carboxylic acids is 2. The van der Waals surface area contributed by atoms with Crippen LogP contribution in [0.3, 0.4) is 0 Å². The van der Waals surface area contributed by atoms with Crippen molar-refractivity contribution in [2.45, 2.75) is 27.7 Å². The molecule has 0 aromatic heterocycles. The van der Waals surface area contributed by atoms with Crippen LogP contribution in [0.15, 0.2) is 18.2 Å². The van der Waals surface area contributed by atoms with Crippen LogP contribution in [0.2, 0.25) is 0 Å². The van der Waals surface area contributed by atoms with Crippen LogP contribution >= 0.6 is 0 Å². The molecule has 1 rings (SSSR count). The zero-order valence-electron chi connectivity index (χ0n) is 12.9. The van der Waals surface area contributed by atoms with Crippen LogP contribution in [0, 0.1) is 11.8 Å². The third-order valence-electron chi connectivity index (χ3n) is 2.48. The molecule has 0 aliphatic rings. The number of phenolic OH excluding ortho intramolecular Hbond substituents is 1. The monoisotopic (exact) mass is 294 g/mol. The van der Waals surface area contributed by atoms with Crippen LogP contribution in [-0.4, -0.2) is 30.3 Å². The number of hydrogen-bond donors (Lipinski definition) is 1. The predicted octanol–water partition coefficient (Wildman–Crippen LogP) is 3.02. The zero-order valence-corrected chi connectivity index (χ0v) is 12.9. The van der Waals surface area contributed by atoms with E-state index in [2.05, 4.69) is 0 Å². The lowest BCUT2D eigenvalue weighted by molar-refractivity contribution is 0.0455. The van der Waals surface area contributed by atoms with Crippen LogP contribution in [-0.2, 0) is 9.47 Å². The fraction of sp³-hybridized carbons (Fsp3) is 0.500. The first-order valence-corrected chi connectivity index (χ1v) is 6.98. The average molecular weight is 294 g/mol. The van der Waals surface area contributed by atoms with E-state index in [9.17, 15) is 14.7 Å². The molecule has 21 heavy (non-hydrogen) atoms. The van der Waals surface area contributed by atoms with Crippen molar-refractivity contribution in [1.29, 1.82) is 0 Å². The molecule has 1 aromatic rings. The van der Waals surface area contributed by atoms with E-state index in [1.54, 1.807) is 0 Å². The average Bonchev–Trinajstić information content (AvgIpc) is 2.41. The van der Waals surface area contributed by atoms with Crippen LogP contribution in [0.4, 0.5) is 0 Å². The minimum atomic E-state index is -0.572. The third kappa shape index (κ3) is 5.85. The molecule has 0 aliphatic heterocycles. The van der Waals surface area contributed by atoms with Crippen molar-refractivity contribution < 1.29 is 24.2 Å². The molecule has 0 fully saturated rings. The summed E-state index contributed by atoms with van der Waals surface area (Å²) in [5, 5.41) is 9.63. The van der Waals surface area contributed by atoms with Gasteiger partial charge in [-0.25, -0.2) is 9.59 Å². The van der Waals surface area contributed by atoms with Crippen molar-refractivity contribution in [2.24, 2.45) is 11.8 Å². The van der Waals surface area contributed by atoms with E-state index in [1.807, 2.05) is 27.7 Å². The van der Waals surface area contributed by atoms with Gasteiger partial charge in [0, 0.05) is 0 Å². The van der Waals surface area contributed by atoms with E-state index >= 15 is 0 Å². The Hall–Kier alpha value is -2.04. The molecule has 0 radical (unpaired) electrons. The van der Waals surface area contributed by atoms with Crippen molar-refractivity contribution in [3.05, 3.63) is 29.3 Å². The number of esters is 2. The standard InChI is InChI=1S/C16H22O5/c1-10(2)8-20-15(18)12-5-13(7-14(17)6-12)16(19)21-9-11(3)4/h5-7,10-11,17H,8-9H2,1-4H3. The Labute approximate surface area is 124 Å². The lowest BCUT2D eigenvalue weighted by Gasteiger charge is -2.10. The Balaban J connectivity index is 2.84. The third-order valence-corrected chi connectivity index (χ3v) is 2.48. The number of hydrogen-bond acceptors (Lipinski definition) is 5. The maximum absolute atomic E-state index is 11.9. The quantitative estimate of drug-likeness (QED) is 0.816. The number of rotatable bonds is 6. The number of carbonyl (C=O) groups is 2. The summed E-state index contributed by atoms with van der Waals surface area (Å²) < 4.78 is 10.2. The minimum Gasteiger partial charge on any atom is -0.508 e. The molecule has 0 atom stereocenters. The van der Waals surface area contributed by atoms with Gasteiger partial charge in [0.1, 0.15) is 5.75 Å². The smallest absolute Gasteiger partial charge is 0.338 e. The van der Waals surface area contributed by atoms with E-state index in [4.69, 9.17) is 9.47 Å². The molecular weight excluding hydrogens is 272 g/mol. The SMILES string of the molecule is CC(C)COC(=O)c1cc(O)cc(C(=O)OCC(C)C)c1. The molecule has 1 N–H and O–H groups in total. The summed E-state index contributed by atoms with van der Waals surface area (Å²) in [7, 11) is 0. The summed E-state index contributed by atoms with van der Waals surface area (Å²) in [5.74, 6) is -0.899. The summed E-state index contributed by atoms with van der Waals surface area (Å²) in [6, 6.07) is 3.90. The maximum Gasteiger partial charge on any atom is 0.338 e.